The van der Waals surface area contributed by atoms with Crippen molar-refractivity contribution in [3.8, 4) is 0 Å². The van der Waals surface area contributed by atoms with E-state index < -0.39 is 18.0 Å². The second-order valence-corrected chi connectivity index (χ2v) is 6.93. The summed E-state index contributed by atoms with van der Waals surface area (Å²) < 4.78 is 10.3. The van der Waals surface area contributed by atoms with E-state index in [2.05, 4.69) is 5.32 Å². The Balaban J connectivity index is 1.95. The van der Waals surface area contributed by atoms with E-state index >= 15 is 0 Å². The number of ether oxygens (including phenoxy) is 2. The zero-order valence-electron chi connectivity index (χ0n) is 15.2. The first-order chi connectivity index (χ1) is 12.9. The van der Waals surface area contributed by atoms with Crippen LogP contribution in [0.3, 0.4) is 0 Å². The number of carbonyl (C=O) groups excluding carboxylic acids is 1. The number of allylic oxidation sites excluding steroid dienone is 1. The predicted molar refractivity (Wildman–Crippen MR) is 102 cm³/mol. The van der Waals surface area contributed by atoms with Crippen LogP contribution in [0.1, 0.15) is 41.7 Å². The van der Waals surface area contributed by atoms with Crippen LogP contribution < -0.4 is 5.32 Å². The molecule has 1 aliphatic heterocycles. The molecule has 0 bridgehead atoms. The van der Waals surface area contributed by atoms with Gasteiger partial charge in [0.05, 0.1) is 23.8 Å². The molecule has 1 fully saturated rings. The molecule has 0 aromatic heterocycles. The van der Waals surface area contributed by atoms with Crippen molar-refractivity contribution in [2.45, 2.75) is 31.8 Å². The standard InChI is InChI=1S/C19H22N2O5S/c1-11-15(18(24)26-10-9-25-2)16(20-19(27)21(11)14-7-8-14)12-3-5-13(6-4-12)17(22)23/h3-6,14,16H,7-10H2,1-2H3,(H,20,27)(H,22,23). The minimum Gasteiger partial charge on any atom is -0.478 e. The molecular weight excluding hydrogens is 368 g/mol. The maximum absolute atomic E-state index is 12.8. The molecule has 7 nitrogen and oxygen atoms in total. The molecule has 0 amide bonds. The number of nitrogens with one attached hydrogen (secondary N) is 1. The van der Waals surface area contributed by atoms with Gasteiger partial charge in [0, 0.05) is 18.8 Å². The Morgan fingerprint density at radius 3 is 2.48 bits per heavy atom. The molecule has 1 aliphatic carbocycles. The normalized spacial score (nSPS) is 19.7. The lowest BCUT2D eigenvalue weighted by molar-refractivity contribution is -0.140. The number of hydrogen-bond acceptors (Lipinski definition) is 5. The highest BCUT2D eigenvalue weighted by Gasteiger charge is 2.40. The van der Waals surface area contributed by atoms with Crippen molar-refractivity contribution in [2.24, 2.45) is 0 Å². The molecule has 0 saturated heterocycles. The fourth-order valence-electron chi connectivity index (χ4n) is 3.16. The maximum atomic E-state index is 12.8. The Labute approximate surface area is 162 Å². The number of hydrogen-bond donors (Lipinski definition) is 2. The molecular formula is C19H22N2O5S. The van der Waals surface area contributed by atoms with E-state index in [-0.39, 0.29) is 12.2 Å². The summed E-state index contributed by atoms with van der Waals surface area (Å²) in [7, 11) is 1.54. The molecule has 1 aromatic rings. The Kier molecular flexibility index (Phi) is 5.76. The molecule has 1 saturated carbocycles. The van der Waals surface area contributed by atoms with E-state index in [4.69, 9.17) is 26.8 Å². The Morgan fingerprint density at radius 2 is 1.93 bits per heavy atom. The number of benzene rings is 1. The van der Waals surface area contributed by atoms with Gasteiger partial charge in [-0.15, -0.1) is 0 Å². The summed E-state index contributed by atoms with van der Waals surface area (Å²) in [6.45, 7) is 2.34. The molecule has 1 heterocycles. The minimum absolute atomic E-state index is 0.157. The van der Waals surface area contributed by atoms with E-state index in [1.54, 1.807) is 19.2 Å². The monoisotopic (exact) mass is 390 g/mol. The van der Waals surface area contributed by atoms with Crippen LogP contribution in [-0.4, -0.2) is 53.4 Å². The van der Waals surface area contributed by atoms with Crippen LogP contribution in [0.5, 0.6) is 0 Å². The quantitative estimate of drug-likeness (QED) is 0.416. The van der Waals surface area contributed by atoms with Gasteiger partial charge in [0.15, 0.2) is 5.11 Å². The number of methoxy groups -OCH3 is 1. The largest absolute Gasteiger partial charge is 0.478 e. The molecule has 1 unspecified atom stereocenters. The lowest BCUT2D eigenvalue weighted by Gasteiger charge is -2.37. The lowest BCUT2D eigenvalue weighted by atomic mass is 9.94. The first-order valence-corrected chi connectivity index (χ1v) is 9.14. The van der Waals surface area contributed by atoms with Crippen LogP contribution in [0, 0.1) is 0 Å². The zero-order valence-corrected chi connectivity index (χ0v) is 16.0. The summed E-state index contributed by atoms with van der Waals surface area (Å²) in [5.74, 6) is -1.43. The van der Waals surface area contributed by atoms with Gasteiger partial charge < -0.3 is 24.8 Å². The highest BCUT2D eigenvalue weighted by Crippen LogP contribution is 2.38. The minimum atomic E-state index is -1.00. The molecule has 0 radical (unpaired) electrons. The van der Waals surface area contributed by atoms with Gasteiger partial charge in [-0.05, 0) is 49.7 Å². The number of aromatic carboxylic acids is 1. The number of esters is 1. The van der Waals surface area contributed by atoms with E-state index in [0.29, 0.717) is 23.3 Å². The van der Waals surface area contributed by atoms with Crippen LogP contribution >= 0.6 is 12.2 Å². The van der Waals surface area contributed by atoms with Crippen molar-refractivity contribution in [3.63, 3.8) is 0 Å². The van der Waals surface area contributed by atoms with E-state index in [1.807, 2.05) is 11.8 Å². The van der Waals surface area contributed by atoms with Crippen molar-refractivity contribution >= 4 is 29.3 Å². The van der Waals surface area contributed by atoms with E-state index in [1.165, 1.54) is 12.1 Å². The first kappa shape index (κ1) is 19.3. The van der Waals surface area contributed by atoms with Gasteiger partial charge in [-0.3, -0.25) is 0 Å². The van der Waals surface area contributed by atoms with Gasteiger partial charge in [0.2, 0.25) is 0 Å². The van der Waals surface area contributed by atoms with Gasteiger partial charge in [-0.2, -0.15) is 0 Å². The zero-order chi connectivity index (χ0) is 19.6. The van der Waals surface area contributed by atoms with Crippen LogP contribution in [0.15, 0.2) is 35.5 Å². The Bertz CT molecular complexity index is 786. The summed E-state index contributed by atoms with van der Waals surface area (Å²) >= 11 is 5.53. The number of carbonyl (C=O) groups is 2. The van der Waals surface area contributed by atoms with Crippen molar-refractivity contribution in [1.29, 1.82) is 0 Å². The second kappa shape index (κ2) is 8.06. The topological polar surface area (TPSA) is 88.1 Å². The third kappa shape index (κ3) is 4.12. The van der Waals surface area contributed by atoms with E-state index in [0.717, 1.165) is 24.1 Å². The average Bonchev–Trinajstić information content (AvgIpc) is 3.46. The molecule has 27 heavy (non-hydrogen) atoms. The van der Waals surface area contributed by atoms with Crippen LogP contribution in [0.2, 0.25) is 0 Å². The van der Waals surface area contributed by atoms with Gasteiger partial charge in [0.1, 0.15) is 6.61 Å². The van der Waals surface area contributed by atoms with Crippen molar-refractivity contribution < 1.29 is 24.2 Å². The summed E-state index contributed by atoms with van der Waals surface area (Å²) in [5, 5.41) is 12.9. The molecule has 0 spiro atoms. The van der Waals surface area contributed by atoms with Gasteiger partial charge in [-0.25, -0.2) is 9.59 Å². The van der Waals surface area contributed by atoms with Gasteiger partial charge >= 0.3 is 11.9 Å². The van der Waals surface area contributed by atoms with Gasteiger partial charge in [0.25, 0.3) is 0 Å². The number of rotatable bonds is 7. The molecule has 1 aromatic carbocycles. The fraction of sp³-hybridized carbons (Fsp3) is 0.421. The summed E-state index contributed by atoms with van der Waals surface area (Å²) in [4.78, 5) is 25.9. The van der Waals surface area contributed by atoms with Crippen LogP contribution in [0.25, 0.3) is 0 Å². The lowest BCUT2D eigenvalue weighted by Crippen LogP contribution is -2.48. The molecule has 3 rings (SSSR count). The molecule has 2 N–H and O–H groups in total. The first-order valence-electron chi connectivity index (χ1n) is 8.74. The Hall–Kier alpha value is -2.45. The molecule has 144 valence electrons. The van der Waals surface area contributed by atoms with Gasteiger partial charge in [-0.1, -0.05) is 12.1 Å². The molecule has 2 aliphatic rings. The number of nitrogens with zero attached hydrogens (tertiary/aromatic N) is 1. The maximum Gasteiger partial charge on any atom is 0.338 e. The van der Waals surface area contributed by atoms with Crippen LogP contribution in [0.4, 0.5) is 0 Å². The molecule has 1 atom stereocenters. The fourth-order valence-corrected chi connectivity index (χ4v) is 3.56. The highest BCUT2D eigenvalue weighted by atomic mass is 32.1. The SMILES string of the molecule is COCCOC(=O)C1=C(C)N(C2CC2)C(=S)NC1c1ccc(C(=O)O)cc1. The highest BCUT2D eigenvalue weighted by molar-refractivity contribution is 7.80. The summed E-state index contributed by atoms with van der Waals surface area (Å²) in [6.07, 6.45) is 2.06. The summed E-state index contributed by atoms with van der Waals surface area (Å²) in [6, 6.07) is 6.21. The summed E-state index contributed by atoms with van der Waals surface area (Å²) in [5.41, 5.74) is 2.18. The Morgan fingerprint density at radius 1 is 1.26 bits per heavy atom. The van der Waals surface area contributed by atoms with E-state index in [9.17, 15) is 9.59 Å². The smallest absolute Gasteiger partial charge is 0.338 e. The van der Waals surface area contributed by atoms with Crippen LogP contribution in [-0.2, 0) is 14.3 Å². The number of carboxylic acids is 1. The second-order valence-electron chi connectivity index (χ2n) is 6.54. The van der Waals surface area contributed by atoms with Crippen molar-refractivity contribution in [2.75, 3.05) is 20.3 Å². The number of carboxylic acid groups (broad SMARTS) is 1. The average molecular weight is 390 g/mol. The third-order valence-electron chi connectivity index (χ3n) is 4.67. The predicted octanol–water partition coefficient (Wildman–Crippen LogP) is 2.24. The number of thiocarbonyl (C=S) groups is 1. The van der Waals surface area contributed by atoms with Crippen molar-refractivity contribution in [3.05, 3.63) is 46.7 Å². The molecule has 8 heteroatoms. The third-order valence-corrected chi connectivity index (χ3v) is 4.98. The van der Waals surface area contributed by atoms with Crippen molar-refractivity contribution in [1.82, 2.24) is 10.2 Å².